The van der Waals surface area contributed by atoms with Crippen LogP contribution < -0.4 is 20.3 Å². The fourth-order valence-corrected chi connectivity index (χ4v) is 3.00. The van der Waals surface area contributed by atoms with Crippen LogP contribution in [0.2, 0.25) is 0 Å². The van der Waals surface area contributed by atoms with Crippen molar-refractivity contribution in [3.8, 4) is 11.5 Å². The second kappa shape index (κ2) is 5.97. The van der Waals surface area contributed by atoms with Crippen molar-refractivity contribution in [1.82, 2.24) is 14.9 Å². The molecular formula is C16H14F2N4O4. The number of fused-ring (bicyclic) bond motifs is 2. The van der Waals surface area contributed by atoms with E-state index in [-0.39, 0.29) is 22.7 Å². The Hall–Kier alpha value is -3.17. The third kappa shape index (κ3) is 2.93. The van der Waals surface area contributed by atoms with E-state index in [1.807, 2.05) is 0 Å². The van der Waals surface area contributed by atoms with Gasteiger partial charge in [-0.1, -0.05) is 6.07 Å². The van der Waals surface area contributed by atoms with Crippen LogP contribution in [0.25, 0.3) is 0 Å². The first-order valence-corrected chi connectivity index (χ1v) is 7.93. The summed E-state index contributed by atoms with van der Waals surface area (Å²) in [6.07, 6.45) is -1.64. The molecule has 8 nitrogen and oxygen atoms in total. The first-order chi connectivity index (χ1) is 12.4. The molecule has 26 heavy (non-hydrogen) atoms. The number of ether oxygens (including phenoxy) is 2. The predicted octanol–water partition coefficient (Wildman–Crippen LogP) is 1.72. The van der Waals surface area contributed by atoms with Crippen molar-refractivity contribution >= 4 is 11.7 Å². The minimum absolute atomic E-state index is 0.0856. The van der Waals surface area contributed by atoms with Gasteiger partial charge in [-0.3, -0.25) is 4.79 Å². The van der Waals surface area contributed by atoms with Crippen LogP contribution in [0, 0.1) is 0 Å². The summed E-state index contributed by atoms with van der Waals surface area (Å²) in [5.74, 6) is -0.367. The van der Waals surface area contributed by atoms with E-state index in [2.05, 4.69) is 24.8 Å². The Morgan fingerprint density at radius 3 is 2.92 bits per heavy atom. The zero-order valence-electron chi connectivity index (χ0n) is 13.4. The average Bonchev–Trinajstić information content (AvgIpc) is 2.77. The second-order valence-corrected chi connectivity index (χ2v) is 5.87. The van der Waals surface area contributed by atoms with E-state index in [4.69, 9.17) is 0 Å². The minimum Gasteiger partial charge on any atom is -0.395 e. The molecule has 2 N–H and O–H groups in total. The predicted molar refractivity (Wildman–Crippen MR) is 85.5 cm³/mol. The minimum atomic E-state index is -3.76. The number of benzene rings is 1. The highest BCUT2D eigenvalue weighted by molar-refractivity contribution is 5.91. The topological polar surface area (TPSA) is 96.6 Å². The van der Waals surface area contributed by atoms with Crippen LogP contribution in [0.4, 0.5) is 19.3 Å². The molecule has 0 aliphatic carbocycles. The highest BCUT2D eigenvalue weighted by atomic mass is 19.3. The number of carbonyl (C=O) groups excluding carboxylic acids is 1. The summed E-state index contributed by atoms with van der Waals surface area (Å²) in [7, 11) is 0. The van der Waals surface area contributed by atoms with E-state index < -0.39 is 12.3 Å². The number of alkyl halides is 2. The summed E-state index contributed by atoms with van der Waals surface area (Å²) in [6, 6.07) is 3.76. The Bertz CT molecular complexity index is 931. The lowest BCUT2D eigenvalue weighted by molar-refractivity contribution is -0.286. The van der Waals surface area contributed by atoms with Crippen molar-refractivity contribution in [2.45, 2.75) is 19.1 Å². The van der Waals surface area contributed by atoms with Gasteiger partial charge in [0.05, 0.1) is 17.7 Å². The average molecular weight is 364 g/mol. The molecule has 2 aromatic rings. The summed E-state index contributed by atoms with van der Waals surface area (Å²) in [4.78, 5) is 32.6. The van der Waals surface area contributed by atoms with Crippen LogP contribution in [0.1, 0.15) is 11.3 Å². The number of nitrogens with zero attached hydrogens (tertiary/aromatic N) is 2. The lowest BCUT2D eigenvalue weighted by Gasteiger charge is -2.21. The molecule has 10 heteroatoms. The summed E-state index contributed by atoms with van der Waals surface area (Å²) in [6.45, 7) is 0.647. The molecular weight excluding hydrogens is 350 g/mol. The van der Waals surface area contributed by atoms with Gasteiger partial charge in [-0.2, -0.15) is 0 Å². The first kappa shape index (κ1) is 16.3. The fourth-order valence-electron chi connectivity index (χ4n) is 3.00. The third-order valence-electron chi connectivity index (χ3n) is 4.25. The van der Waals surface area contributed by atoms with Gasteiger partial charge in [0.2, 0.25) is 0 Å². The van der Waals surface area contributed by atoms with Crippen molar-refractivity contribution < 1.29 is 23.0 Å². The Kier molecular flexibility index (Phi) is 3.74. The number of aromatic nitrogens is 2. The number of hydrogen-bond acceptors (Lipinski definition) is 5. The van der Waals surface area contributed by atoms with Crippen molar-refractivity contribution in [1.29, 1.82) is 0 Å². The van der Waals surface area contributed by atoms with Crippen molar-refractivity contribution in [2.75, 3.05) is 18.4 Å². The lowest BCUT2D eigenvalue weighted by Crippen LogP contribution is -2.37. The highest BCUT2D eigenvalue weighted by Crippen LogP contribution is 2.45. The Balaban J connectivity index is 1.50. The molecule has 0 unspecified atom stereocenters. The van der Waals surface area contributed by atoms with Crippen LogP contribution in [0.3, 0.4) is 0 Å². The Morgan fingerprint density at radius 2 is 2.08 bits per heavy atom. The molecule has 3 heterocycles. The lowest BCUT2D eigenvalue weighted by atomic mass is 10.1. The normalized spacial score (nSPS) is 17.4. The monoisotopic (exact) mass is 364 g/mol. The molecule has 0 atom stereocenters. The molecule has 0 spiro atoms. The molecule has 2 aliphatic rings. The number of carbonyl (C=O) groups is 1. The van der Waals surface area contributed by atoms with Crippen LogP contribution >= 0.6 is 0 Å². The van der Waals surface area contributed by atoms with E-state index in [0.717, 1.165) is 0 Å². The number of urea groups is 1. The van der Waals surface area contributed by atoms with Crippen molar-refractivity contribution in [3.63, 3.8) is 0 Å². The van der Waals surface area contributed by atoms with Gasteiger partial charge < -0.3 is 24.7 Å². The van der Waals surface area contributed by atoms with Gasteiger partial charge in [-0.15, -0.1) is 8.78 Å². The van der Waals surface area contributed by atoms with Gasteiger partial charge in [0.25, 0.3) is 5.56 Å². The number of aromatic amines is 1. The van der Waals surface area contributed by atoms with E-state index in [0.29, 0.717) is 37.2 Å². The number of hydrogen-bond donors (Lipinski definition) is 2. The number of anilines is 1. The van der Waals surface area contributed by atoms with Gasteiger partial charge in [0.1, 0.15) is 0 Å². The van der Waals surface area contributed by atoms with Gasteiger partial charge >= 0.3 is 12.3 Å². The molecule has 4 rings (SSSR count). The molecule has 0 bridgehead atoms. The quantitative estimate of drug-likeness (QED) is 0.803. The van der Waals surface area contributed by atoms with Gasteiger partial charge in [0, 0.05) is 25.1 Å². The standard InChI is InChI=1S/C16H14F2N4O4/c17-16(18)25-12-3-1-2-11(13(12)26-16)21-15(24)22-6-4-9-10(5-7-22)19-8-20-14(9)23/h1-3,8H,4-7H2,(H,21,24)(H,19,20,23). The summed E-state index contributed by atoms with van der Waals surface area (Å²) in [5.41, 5.74) is 1.08. The van der Waals surface area contributed by atoms with Crippen molar-refractivity contribution in [2.24, 2.45) is 0 Å². The van der Waals surface area contributed by atoms with Gasteiger partial charge in [0.15, 0.2) is 11.5 Å². The molecule has 0 radical (unpaired) electrons. The number of H-pyrrole nitrogens is 1. The van der Waals surface area contributed by atoms with Gasteiger partial charge in [-0.05, 0) is 18.6 Å². The number of rotatable bonds is 1. The third-order valence-corrected chi connectivity index (χ3v) is 4.25. The maximum atomic E-state index is 13.2. The van der Waals surface area contributed by atoms with Gasteiger partial charge in [-0.25, -0.2) is 9.78 Å². The van der Waals surface area contributed by atoms with E-state index in [9.17, 15) is 18.4 Å². The molecule has 1 aromatic carbocycles. The maximum Gasteiger partial charge on any atom is 0.586 e. The molecule has 2 amide bonds. The largest absolute Gasteiger partial charge is 0.586 e. The Labute approximate surface area is 145 Å². The number of halogens is 2. The van der Waals surface area contributed by atoms with Crippen LogP contribution in [0.5, 0.6) is 11.5 Å². The highest BCUT2D eigenvalue weighted by Gasteiger charge is 2.44. The van der Waals surface area contributed by atoms with Crippen molar-refractivity contribution in [3.05, 3.63) is 46.1 Å². The Morgan fingerprint density at radius 1 is 1.27 bits per heavy atom. The summed E-state index contributed by atoms with van der Waals surface area (Å²) < 4.78 is 35.3. The van der Waals surface area contributed by atoms with E-state index >= 15 is 0 Å². The molecule has 1 aromatic heterocycles. The smallest absolute Gasteiger partial charge is 0.395 e. The van der Waals surface area contributed by atoms with Crippen LogP contribution in [0.15, 0.2) is 29.3 Å². The van der Waals surface area contributed by atoms with E-state index in [1.165, 1.54) is 29.4 Å². The van der Waals surface area contributed by atoms with E-state index in [1.54, 1.807) is 0 Å². The number of nitrogens with one attached hydrogen (secondary N) is 2. The molecule has 2 aliphatic heterocycles. The first-order valence-electron chi connectivity index (χ1n) is 7.93. The molecule has 0 fully saturated rings. The SMILES string of the molecule is O=C(Nc1cccc2c1OC(F)(F)O2)N1CCc2nc[nH]c(=O)c2CC1. The second-order valence-electron chi connectivity index (χ2n) is 5.87. The zero-order valence-corrected chi connectivity index (χ0v) is 13.4. The van der Waals surface area contributed by atoms with Crippen LogP contribution in [-0.2, 0) is 12.8 Å². The summed E-state index contributed by atoms with van der Waals surface area (Å²) in [5, 5.41) is 2.56. The number of para-hydroxylation sites is 1. The summed E-state index contributed by atoms with van der Waals surface area (Å²) >= 11 is 0. The molecule has 0 saturated heterocycles. The number of amides is 2. The molecule has 0 saturated carbocycles. The fraction of sp³-hybridized carbons (Fsp3) is 0.312. The maximum absolute atomic E-state index is 13.2. The molecule has 136 valence electrons. The van der Waals surface area contributed by atoms with Crippen LogP contribution in [-0.4, -0.2) is 40.3 Å². The zero-order chi connectivity index (χ0) is 18.3.